The lowest BCUT2D eigenvalue weighted by Gasteiger charge is -2.45. The van der Waals surface area contributed by atoms with Crippen molar-refractivity contribution in [2.45, 2.75) is 30.8 Å². The second kappa shape index (κ2) is 10.4. The third-order valence-corrected chi connectivity index (χ3v) is 7.49. The van der Waals surface area contributed by atoms with Crippen LogP contribution in [-0.2, 0) is 11.2 Å². The molecule has 0 aliphatic carbocycles. The Kier molecular flexibility index (Phi) is 7.09. The van der Waals surface area contributed by atoms with E-state index < -0.39 is 12.0 Å². The van der Waals surface area contributed by atoms with Gasteiger partial charge in [-0.1, -0.05) is 77.8 Å². The Labute approximate surface area is 215 Å². The van der Waals surface area contributed by atoms with E-state index in [0.29, 0.717) is 28.7 Å². The zero-order chi connectivity index (χ0) is 24.4. The van der Waals surface area contributed by atoms with Crippen LogP contribution in [0.4, 0.5) is 0 Å². The van der Waals surface area contributed by atoms with Crippen molar-refractivity contribution in [2.24, 2.45) is 0 Å². The molecule has 1 fully saturated rings. The molecule has 0 aromatic heterocycles. The molecule has 1 saturated heterocycles. The Hall–Kier alpha value is -2.86. The van der Waals surface area contributed by atoms with E-state index in [1.165, 1.54) is 0 Å². The summed E-state index contributed by atoms with van der Waals surface area (Å²) in [5.74, 6) is -0.787. The molecule has 0 radical (unpaired) electrons. The van der Waals surface area contributed by atoms with Gasteiger partial charge < -0.3 is 15.5 Å². The first-order chi connectivity index (χ1) is 17.0. The average Bonchev–Trinajstić information content (AvgIpc) is 3.39. The van der Waals surface area contributed by atoms with Gasteiger partial charge >= 0.3 is 0 Å². The maximum atomic E-state index is 13.8. The van der Waals surface area contributed by atoms with Crippen LogP contribution in [0.2, 0.25) is 10.0 Å². The van der Waals surface area contributed by atoms with Crippen LogP contribution in [0.15, 0.2) is 72.8 Å². The van der Waals surface area contributed by atoms with E-state index in [-0.39, 0.29) is 17.9 Å². The summed E-state index contributed by atoms with van der Waals surface area (Å²) in [5.41, 5.74) is 3.19. The van der Waals surface area contributed by atoms with Crippen LogP contribution in [-0.4, -0.2) is 42.4 Å². The Balaban J connectivity index is 1.55. The number of carbonyl (C=O) groups is 2. The highest BCUT2D eigenvalue weighted by molar-refractivity contribution is 6.35. The molecule has 5 rings (SSSR count). The predicted octanol–water partition coefficient (Wildman–Crippen LogP) is 4.99. The Morgan fingerprint density at radius 3 is 2.51 bits per heavy atom. The van der Waals surface area contributed by atoms with Crippen LogP contribution < -0.4 is 10.6 Å². The molecule has 2 aliphatic heterocycles. The minimum absolute atomic E-state index is 0.0350. The monoisotopic (exact) mass is 507 g/mol. The van der Waals surface area contributed by atoms with E-state index >= 15 is 0 Å². The van der Waals surface area contributed by atoms with Gasteiger partial charge in [0.25, 0.3) is 5.91 Å². The zero-order valence-corrected chi connectivity index (χ0v) is 20.7. The summed E-state index contributed by atoms with van der Waals surface area (Å²) < 4.78 is 0. The van der Waals surface area contributed by atoms with E-state index in [1.807, 2.05) is 65.6 Å². The lowest BCUT2D eigenvalue weighted by Crippen LogP contribution is -2.52. The minimum atomic E-state index is -0.598. The highest BCUT2D eigenvalue weighted by atomic mass is 35.5. The molecule has 3 aromatic carbocycles. The molecule has 0 bridgehead atoms. The molecule has 2 amide bonds. The van der Waals surface area contributed by atoms with Crippen molar-refractivity contribution in [3.05, 3.63) is 105 Å². The number of benzene rings is 3. The summed E-state index contributed by atoms with van der Waals surface area (Å²) in [6.07, 6.45) is 1.54. The maximum Gasteiger partial charge on any atom is 0.255 e. The van der Waals surface area contributed by atoms with E-state index in [9.17, 15) is 9.59 Å². The third kappa shape index (κ3) is 4.81. The predicted molar refractivity (Wildman–Crippen MR) is 139 cm³/mol. The molecular weight excluding hydrogens is 481 g/mol. The van der Waals surface area contributed by atoms with Crippen molar-refractivity contribution in [2.75, 3.05) is 19.6 Å². The van der Waals surface area contributed by atoms with Crippen molar-refractivity contribution in [1.29, 1.82) is 0 Å². The van der Waals surface area contributed by atoms with Crippen LogP contribution in [0.25, 0.3) is 0 Å². The molecule has 7 heteroatoms. The number of hydrogen-bond donors (Lipinski definition) is 2. The summed E-state index contributed by atoms with van der Waals surface area (Å²) in [5, 5.41) is 7.46. The smallest absolute Gasteiger partial charge is 0.255 e. The largest absolute Gasteiger partial charge is 0.355 e. The average molecular weight is 508 g/mol. The number of nitrogens with zero attached hydrogens (tertiary/aromatic N) is 1. The van der Waals surface area contributed by atoms with Gasteiger partial charge in [-0.05, 0) is 54.3 Å². The fraction of sp³-hybridized carbons (Fsp3) is 0.286. The Morgan fingerprint density at radius 1 is 1.00 bits per heavy atom. The summed E-state index contributed by atoms with van der Waals surface area (Å²) >= 11 is 12.9. The van der Waals surface area contributed by atoms with Crippen molar-refractivity contribution >= 4 is 35.0 Å². The molecule has 2 N–H and O–H groups in total. The summed E-state index contributed by atoms with van der Waals surface area (Å²) in [6.45, 7) is 2.00. The molecule has 35 heavy (non-hydrogen) atoms. The highest BCUT2D eigenvalue weighted by Gasteiger charge is 2.47. The van der Waals surface area contributed by atoms with Crippen molar-refractivity contribution in [3.63, 3.8) is 0 Å². The number of halogens is 2. The first kappa shape index (κ1) is 23.9. The molecule has 180 valence electrons. The number of nitrogens with one attached hydrogen (secondary N) is 2. The molecule has 3 atom stereocenters. The van der Waals surface area contributed by atoms with Gasteiger partial charge in [0.15, 0.2) is 0 Å². The fourth-order valence-corrected chi connectivity index (χ4v) is 5.79. The standard InChI is InChI=1S/C28H27Cl2N3O2/c29-19-10-11-23(24(30)16-19)26-25(27(34)32-15-12-18-6-2-1-3-7-18)21-8-4-5-9-22(21)28(35)33(26)20-13-14-31-17-20/h1-11,16,20,25-26,31H,12-15,17H2,(H,32,34)/t20-,25-,26+/m0/s1. The van der Waals surface area contributed by atoms with Gasteiger partial charge in [0.2, 0.25) is 5.91 Å². The molecule has 0 saturated carbocycles. The third-order valence-electron chi connectivity index (χ3n) is 6.92. The van der Waals surface area contributed by atoms with E-state index in [2.05, 4.69) is 10.6 Å². The van der Waals surface area contributed by atoms with Crippen molar-refractivity contribution in [1.82, 2.24) is 15.5 Å². The van der Waals surface area contributed by atoms with Crippen LogP contribution in [0, 0.1) is 0 Å². The molecule has 2 aliphatic rings. The van der Waals surface area contributed by atoms with Gasteiger partial charge in [-0.3, -0.25) is 9.59 Å². The maximum absolute atomic E-state index is 13.8. The van der Waals surface area contributed by atoms with Gasteiger partial charge in [-0.25, -0.2) is 0 Å². The zero-order valence-electron chi connectivity index (χ0n) is 19.2. The minimum Gasteiger partial charge on any atom is -0.355 e. The molecule has 3 aromatic rings. The van der Waals surface area contributed by atoms with Crippen LogP contribution >= 0.6 is 23.2 Å². The summed E-state index contributed by atoms with van der Waals surface area (Å²) in [7, 11) is 0. The van der Waals surface area contributed by atoms with Crippen molar-refractivity contribution < 1.29 is 9.59 Å². The second-order valence-corrected chi connectivity index (χ2v) is 9.90. The first-order valence-electron chi connectivity index (χ1n) is 11.9. The number of hydrogen-bond acceptors (Lipinski definition) is 3. The van der Waals surface area contributed by atoms with Crippen molar-refractivity contribution in [3.8, 4) is 0 Å². The number of fused-ring (bicyclic) bond motifs is 1. The van der Waals surface area contributed by atoms with Gasteiger partial charge in [0.1, 0.15) is 0 Å². The van der Waals surface area contributed by atoms with Crippen LogP contribution in [0.3, 0.4) is 0 Å². The second-order valence-electron chi connectivity index (χ2n) is 9.06. The van der Waals surface area contributed by atoms with Gasteiger partial charge in [0, 0.05) is 34.7 Å². The number of amides is 2. The van der Waals surface area contributed by atoms with Crippen LogP contribution in [0.5, 0.6) is 0 Å². The fourth-order valence-electron chi connectivity index (χ4n) is 5.27. The lowest BCUT2D eigenvalue weighted by molar-refractivity contribution is -0.124. The Morgan fingerprint density at radius 2 is 1.77 bits per heavy atom. The first-order valence-corrected chi connectivity index (χ1v) is 12.7. The Bertz CT molecular complexity index is 1230. The van der Waals surface area contributed by atoms with Gasteiger partial charge in [0.05, 0.1) is 12.0 Å². The summed E-state index contributed by atoms with van der Waals surface area (Å²) in [4.78, 5) is 29.6. The molecular formula is C28H27Cl2N3O2. The van der Waals surface area contributed by atoms with E-state index in [1.54, 1.807) is 12.1 Å². The molecule has 0 spiro atoms. The molecule has 2 heterocycles. The SMILES string of the molecule is O=C(NCCc1ccccc1)[C@H]1c2ccccc2C(=O)N([C@H]2CCNC2)[C@@H]1c1ccc(Cl)cc1Cl. The van der Waals surface area contributed by atoms with E-state index in [0.717, 1.165) is 36.1 Å². The summed E-state index contributed by atoms with van der Waals surface area (Å²) in [6, 6.07) is 22.2. The lowest BCUT2D eigenvalue weighted by atomic mass is 9.78. The normalized spacial score (nSPS) is 21.6. The quantitative estimate of drug-likeness (QED) is 0.493. The topological polar surface area (TPSA) is 61.4 Å². The highest BCUT2D eigenvalue weighted by Crippen LogP contribution is 2.46. The number of carbonyl (C=O) groups excluding carboxylic acids is 2. The molecule has 0 unspecified atom stereocenters. The van der Waals surface area contributed by atoms with Gasteiger partial charge in [-0.15, -0.1) is 0 Å². The number of rotatable bonds is 6. The van der Waals surface area contributed by atoms with Crippen LogP contribution in [0.1, 0.15) is 45.4 Å². The van der Waals surface area contributed by atoms with Gasteiger partial charge in [-0.2, -0.15) is 0 Å². The molecule has 5 nitrogen and oxygen atoms in total. The van der Waals surface area contributed by atoms with E-state index in [4.69, 9.17) is 23.2 Å².